The second kappa shape index (κ2) is 7.18. The van der Waals surface area contributed by atoms with Gasteiger partial charge in [0.2, 0.25) is 0 Å². The first kappa shape index (κ1) is 16.7. The van der Waals surface area contributed by atoms with Gasteiger partial charge in [-0.25, -0.2) is 0 Å². The quantitative estimate of drug-likeness (QED) is 0.867. The number of hydrogen-bond acceptors (Lipinski definition) is 3. The van der Waals surface area contributed by atoms with Crippen LogP contribution in [0, 0.1) is 13.8 Å². The van der Waals surface area contributed by atoms with E-state index in [-0.39, 0.29) is 11.9 Å². The summed E-state index contributed by atoms with van der Waals surface area (Å²) in [7, 11) is 1.65. The highest BCUT2D eigenvalue weighted by Crippen LogP contribution is 2.25. The van der Waals surface area contributed by atoms with Crippen LogP contribution in [0.2, 0.25) is 0 Å². The van der Waals surface area contributed by atoms with E-state index in [2.05, 4.69) is 22.8 Å². The van der Waals surface area contributed by atoms with Gasteiger partial charge in [0.15, 0.2) is 0 Å². The summed E-state index contributed by atoms with van der Waals surface area (Å²) >= 11 is 0. The standard InChI is InChI=1S/C19H25N3O2/c1-14-11-15(2)22(20-14)17-8-6-10-21(12-17)19(23)18-9-5-4-7-16(18)13-24-3/h4-5,7,9,11,17H,6,8,10,12-13H2,1-3H3/t17-/m0/s1. The molecule has 0 radical (unpaired) electrons. The molecule has 2 heterocycles. The van der Waals surface area contributed by atoms with Crippen LogP contribution >= 0.6 is 0 Å². The van der Waals surface area contributed by atoms with Gasteiger partial charge in [0.05, 0.1) is 18.3 Å². The molecule has 1 fully saturated rings. The van der Waals surface area contributed by atoms with Crippen LogP contribution in [0.4, 0.5) is 0 Å². The van der Waals surface area contributed by atoms with Gasteiger partial charge in [0.1, 0.15) is 0 Å². The molecule has 1 aliphatic heterocycles. The molecule has 0 aliphatic carbocycles. The average Bonchev–Trinajstić information content (AvgIpc) is 2.93. The Kier molecular flexibility index (Phi) is 5.00. The Morgan fingerprint density at radius 3 is 2.83 bits per heavy atom. The molecule has 0 spiro atoms. The molecule has 1 atom stereocenters. The maximum Gasteiger partial charge on any atom is 0.254 e. The van der Waals surface area contributed by atoms with Crippen LogP contribution in [0.15, 0.2) is 30.3 Å². The zero-order chi connectivity index (χ0) is 17.1. The smallest absolute Gasteiger partial charge is 0.254 e. The van der Waals surface area contributed by atoms with E-state index >= 15 is 0 Å². The van der Waals surface area contributed by atoms with Crippen LogP contribution in [0.25, 0.3) is 0 Å². The molecule has 1 aromatic heterocycles. The highest BCUT2D eigenvalue weighted by molar-refractivity contribution is 5.95. The lowest BCUT2D eigenvalue weighted by Crippen LogP contribution is -2.41. The molecule has 2 aromatic rings. The third-order valence-corrected chi connectivity index (χ3v) is 4.62. The zero-order valence-corrected chi connectivity index (χ0v) is 14.7. The fourth-order valence-electron chi connectivity index (χ4n) is 3.54. The van der Waals surface area contributed by atoms with E-state index in [1.54, 1.807) is 7.11 Å². The van der Waals surface area contributed by atoms with Crippen molar-refractivity contribution in [2.75, 3.05) is 20.2 Å². The number of carbonyl (C=O) groups excluding carboxylic acids is 1. The number of carbonyl (C=O) groups is 1. The van der Waals surface area contributed by atoms with Crippen molar-refractivity contribution in [3.63, 3.8) is 0 Å². The largest absolute Gasteiger partial charge is 0.380 e. The molecule has 1 saturated heterocycles. The second-order valence-corrected chi connectivity index (χ2v) is 6.51. The number of nitrogens with zero attached hydrogens (tertiary/aromatic N) is 3. The van der Waals surface area contributed by atoms with Crippen molar-refractivity contribution >= 4 is 5.91 Å². The Labute approximate surface area is 143 Å². The van der Waals surface area contributed by atoms with Crippen molar-refractivity contribution in [2.24, 2.45) is 0 Å². The van der Waals surface area contributed by atoms with Crippen molar-refractivity contribution in [1.82, 2.24) is 14.7 Å². The van der Waals surface area contributed by atoms with Gasteiger partial charge in [0.25, 0.3) is 5.91 Å². The maximum absolute atomic E-state index is 13.0. The third-order valence-electron chi connectivity index (χ3n) is 4.62. The molecule has 3 rings (SSSR count). The lowest BCUT2D eigenvalue weighted by molar-refractivity contribution is 0.0667. The first-order valence-electron chi connectivity index (χ1n) is 8.49. The lowest BCUT2D eigenvalue weighted by atomic mass is 10.0. The third kappa shape index (κ3) is 3.36. The predicted octanol–water partition coefficient (Wildman–Crippen LogP) is 3.12. The van der Waals surface area contributed by atoms with E-state index in [0.717, 1.165) is 41.9 Å². The van der Waals surface area contributed by atoms with Gasteiger partial charge in [-0.3, -0.25) is 9.48 Å². The minimum Gasteiger partial charge on any atom is -0.380 e. The van der Waals surface area contributed by atoms with E-state index in [1.807, 2.05) is 36.1 Å². The van der Waals surface area contributed by atoms with E-state index in [9.17, 15) is 4.79 Å². The van der Waals surface area contributed by atoms with Gasteiger partial charge in [-0.15, -0.1) is 0 Å². The van der Waals surface area contributed by atoms with Gasteiger partial charge in [-0.2, -0.15) is 5.10 Å². The highest BCUT2D eigenvalue weighted by Gasteiger charge is 2.27. The first-order valence-corrected chi connectivity index (χ1v) is 8.49. The first-order chi connectivity index (χ1) is 11.6. The lowest BCUT2D eigenvalue weighted by Gasteiger charge is -2.34. The van der Waals surface area contributed by atoms with Crippen molar-refractivity contribution in [3.05, 3.63) is 52.8 Å². The van der Waals surface area contributed by atoms with Crippen LogP contribution in [0.1, 0.15) is 46.2 Å². The normalized spacial score (nSPS) is 18.0. The highest BCUT2D eigenvalue weighted by atomic mass is 16.5. The Balaban J connectivity index is 1.80. The summed E-state index contributed by atoms with van der Waals surface area (Å²) in [5.41, 5.74) is 3.87. The summed E-state index contributed by atoms with van der Waals surface area (Å²) in [6.45, 7) is 6.06. The SMILES string of the molecule is COCc1ccccc1C(=O)N1CCC[C@H](n2nc(C)cc2C)C1. The second-order valence-electron chi connectivity index (χ2n) is 6.51. The molecule has 0 saturated carbocycles. The number of ether oxygens (including phenoxy) is 1. The predicted molar refractivity (Wildman–Crippen MR) is 93.0 cm³/mol. The fourth-order valence-corrected chi connectivity index (χ4v) is 3.54. The summed E-state index contributed by atoms with van der Waals surface area (Å²) in [4.78, 5) is 15.0. The molecular formula is C19H25N3O2. The van der Waals surface area contributed by atoms with E-state index in [0.29, 0.717) is 13.2 Å². The summed E-state index contributed by atoms with van der Waals surface area (Å²) in [6, 6.07) is 10.1. The molecule has 1 aromatic carbocycles. The minimum atomic E-state index is 0.0916. The number of likely N-dealkylation sites (tertiary alicyclic amines) is 1. The molecule has 0 N–H and O–H groups in total. The molecule has 0 bridgehead atoms. The number of hydrogen-bond donors (Lipinski definition) is 0. The van der Waals surface area contributed by atoms with Crippen LogP contribution < -0.4 is 0 Å². The summed E-state index contributed by atoms with van der Waals surface area (Å²) in [6.07, 6.45) is 2.06. The molecular weight excluding hydrogens is 302 g/mol. The van der Waals surface area contributed by atoms with Gasteiger partial charge in [-0.1, -0.05) is 18.2 Å². The zero-order valence-electron chi connectivity index (χ0n) is 14.7. The number of benzene rings is 1. The van der Waals surface area contributed by atoms with E-state index in [4.69, 9.17) is 4.74 Å². The molecule has 5 nitrogen and oxygen atoms in total. The van der Waals surface area contributed by atoms with Crippen molar-refractivity contribution < 1.29 is 9.53 Å². The Hall–Kier alpha value is -2.14. The summed E-state index contributed by atoms with van der Waals surface area (Å²) in [5, 5.41) is 4.61. The molecule has 5 heteroatoms. The van der Waals surface area contributed by atoms with Crippen molar-refractivity contribution in [1.29, 1.82) is 0 Å². The topological polar surface area (TPSA) is 47.4 Å². The minimum absolute atomic E-state index is 0.0916. The number of methoxy groups -OCH3 is 1. The van der Waals surface area contributed by atoms with E-state index < -0.39 is 0 Å². The van der Waals surface area contributed by atoms with Gasteiger partial charge < -0.3 is 9.64 Å². The van der Waals surface area contributed by atoms with Crippen LogP contribution in [-0.4, -0.2) is 40.8 Å². The molecule has 1 aliphatic rings. The van der Waals surface area contributed by atoms with Gasteiger partial charge >= 0.3 is 0 Å². The number of aromatic nitrogens is 2. The molecule has 1 amide bonds. The van der Waals surface area contributed by atoms with Crippen molar-refractivity contribution in [3.8, 4) is 0 Å². The van der Waals surface area contributed by atoms with Crippen LogP contribution in [-0.2, 0) is 11.3 Å². The fraction of sp³-hybridized carbons (Fsp3) is 0.474. The number of amides is 1. The van der Waals surface area contributed by atoms with Crippen LogP contribution in [0.3, 0.4) is 0 Å². The van der Waals surface area contributed by atoms with Crippen LogP contribution in [0.5, 0.6) is 0 Å². The molecule has 0 unspecified atom stereocenters. The maximum atomic E-state index is 13.0. The van der Waals surface area contributed by atoms with Gasteiger partial charge in [-0.05, 0) is 44.4 Å². The monoisotopic (exact) mass is 327 g/mol. The summed E-state index contributed by atoms with van der Waals surface area (Å²) < 4.78 is 7.31. The molecule has 128 valence electrons. The Morgan fingerprint density at radius 1 is 1.33 bits per heavy atom. The Morgan fingerprint density at radius 2 is 2.12 bits per heavy atom. The molecule has 24 heavy (non-hydrogen) atoms. The summed E-state index contributed by atoms with van der Waals surface area (Å²) in [5.74, 6) is 0.0916. The number of piperidine rings is 1. The Bertz CT molecular complexity index is 723. The van der Waals surface area contributed by atoms with Gasteiger partial charge in [0, 0.05) is 31.5 Å². The number of rotatable bonds is 4. The van der Waals surface area contributed by atoms with E-state index in [1.165, 1.54) is 0 Å². The number of aryl methyl sites for hydroxylation is 2. The average molecular weight is 327 g/mol. The van der Waals surface area contributed by atoms with Crippen molar-refractivity contribution in [2.45, 2.75) is 39.3 Å².